The van der Waals surface area contributed by atoms with Gasteiger partial charge in [0.1, 0.15) is 6.04 Å². The molecule has 0 aliphatic carbocycles. The largest absolute Gasteiger partial charge is 0.466 e. The molecule has 0 aromatic heterocycles. The quantitative estimate of drug-likeness (QED) is 0.417. The fraction of sp³-hybridized carbons (Fsp3) is 0.880. The standard InChI is InChI=1S/C25H41N3O6S/c1-5-34-23(32)19-18-22(31)28(17(15-29)14-16(2)3)20(25(18)7-6-24(19,4)35-25)21(30)26-8-9-27-10-12-33-13-11-27/h16-20,29H,5-15H2,1-4H3,(H,26,30)/t17-,18+,19-,20?,24+,25?/m1/s1. The van der Waals surface area contributed by atoms with Gasteiger partial charge in [-0.25, -0.2) is 0 Å². The summed E-state index contributed by atoms with van der Waals surface area (Å²) in [5, 5.41) is 13.4. The fourth-order valence-electron chi connectivity index (χ4n) is 6.73. The van der Waals surface area contributed by atoms with E-state index < -0.39 is 33.4 Å². The van der Waals surface area contributed by atoms with Gasteiger partial charge in [0.25, 0.3) is 0 Å². The lowest BCUT2D eigenvalue weighted by Gasteiger charge is -2.37. The third kappa shape index (κ3) is 4.71. The van der Waals surface area contributed by atoms with Crippen LogP contribution in [0.25, 0.3) is 0 Å². The molecule has 0 aromatic rings. The predicted octanol–water partition coefficient (Wildman–Crippen LogP) is 0.886. The highest BCUT2D eigenvalue weighted by atomic mass is 32.2. The van der Waals surface area contributed by atoms with Crippen molar-refractivity contribution in [1.82, 2.24) is 15.1 Å². The average molecular weight is 512 g/mol. The van der Waals surface area contributed by atoms with Crippen LogP contribution >= 0.6 is 11.8 Å². The number of rotatable bonds is 10. The number of fused-ring (bicyclic) bond motifs is 1. The minimum Gasteiger partial charge on any atom is -0.466 e. The average Bonchev–Trinajstić information content (AvgIpc) is 3.39. The molecule has 10 heteroatoms. The van der Waals surface area contributed by atoms with Crippen molar-refractivity contribution in [1.29, 1.82) is 0 Å². The number of hydrogen-bond donors (Lipinski definition) is 2. The summed E-state index contributed by atoms with van der Waals surface area (Å²) in [5.74, 6) is -1.67. The van der Waals surface area contributed by atoms with Crippen LogP contribution in [-0.4, -0.2) is 107 Å². The van der Waals surface area contributed by atoms with E-state index >= 15 is 0 Å². The normalized spacial score (nSPS) is 35.4. The number of carbonyl (C=O) groups excluding carboxylic acids is 3. The zero-order valence-corrected chi connectivity index (χ0v) is 22.3. The Balaban J connectivity index is 1.62. The molecule has 4 heterocycles. The maximum Gasteiger partial charge on any atom is 0.311 e. The minimum atomic E-state index is -0.716. The van der Waals surface area contributed by atoms with Gasteiger partial charge in [-0.3, -0.25) is 19.3 Å². The third-order valence-electron chi connectivity index (χ3n) is 8.18. The number of aliphatic hydroxyl groups excluding tert-OH is 1. The van der Waals surface area contributed by atoms with Crippen molar-refractivity contribution in [2.45, 2.75) is 68.5 Å². The highest BCUT2D eigenvalue weighted by Crippen LogP contribution is 2.71. The SMILES string of the molecule is CCOC(=O)[C@H]1[C@H]2C(=O)N([C@@H](CO)CC(C)C)C(C(=O)NCCN3CCOCC3)C23CC[C@]1(C)S3. The molecule has 198 valence electrons. The van der Waals surface area contributed by atoms with Crippen molar-refractivity contribution in [2.75, 3.05) is 52.6 Å². The van der Waals surface area contributed by atoms with Crippen LogP contribution in [0.3, 0.4) is 0 Å². The van der Waals surface area contributed by atoms with E-state index in [0.29, 0.717) is 32.6 Å². The summed E-state index contributed by atoms with van der Waals surface area (Å²) >= 11 is 1.63. The van der Waals surface area contributed by atoms with Crippen LogP contribution in [0.1, 0.15) is 47.0 Å². The molecule has 9 nitrogen and oxygen atoms in total. The highest BCUT2D eigenvalue weighted by molar-refractivity contribution is 8.02. The first-order valence-electron chi connectivity index (χ1n) is 13.1. The van der Waals surface area contributed by atoms with Crippen LogP contribution in [0.4, 0.5) is 0 Å². The lowest BCUT2D eigenvalue weighted by atomic mass is 9.66. The number of hydrogen-bond acceptors (Lipinski definition) is 8. The Kier molecular flexibility index (Phi) is 8.05. The van der Waals surface area contributed by atoms with Gasteiger partial charge in [0.15, 0.2) is 0 Å². The van der Waals surface area contributed by atoms with Gasteiger partial charge >= 0.3 is 5.97 Å². The highest BCUT2D eigenvalue weighted by Gasteiger charge is 2.77. The van der Waals surface area contributed by atoms with Gasteiger partial charge in [0.05, 0.1) is 49.1 Å². The molecule has 0 radical (unpaired) electrons. The predicted molar refractivity (Wildman–Crippen MR) is 133 cm³/mol. The molecule has 2 unspecified atom stereocenters. The van der Waals surface area contributed by atoms with Crippen molar-refractivity contribution >= 4 is 29.5 Å². The number of amides is 2. The van der Waals surface area contributed by atoms with E-state index in [-0.39, 0.29) is 36.9 Å². The number of ether oxygens (including phenoxy) is 2. The maximum absolute atomic E-state index is 14.0. The molecule has 4 fully saturated rings. The van der Waals surface area contributed by atoms with Gasteiger partial charge in [-0.1, -0.05) is 13.8 Å². The zero-order valence-electron chi connectivity index (χ0n) is 21.5. The molecule has 2 bridgehead atoms. The van der Waals surface area contributed by atoms with Gasteiger partial charge in [-0.05, 0) is 39.0 Å². The molecule has 0 aromatic carbocycles. The molecular formula is C25H41N3O6S. The smallest absolute Gasteiger partial charge is 0.311 e. The summed E-state index contributed by atoms with van der Waals surface area (Å²) in [6.07, 6.45) is 2.04. The molecule has 4 saturated heterocycles. The second-order valence-corrected chi connectivity index (χ2v) is 12.8. The number of carbonyl (C=O) groups is 3. The first kappa shape index (κ1) is 26.7. The Hall–Kier alpha value is -1.36. The molecule has 35 heavy (non-hydrogen) atoms. The number of likely N-dealkylation sites (tertiary alicyclic amines) is 1. The van der Waals surface area contributed by atoms with Gasteiger partial charge in [-0.2, -0.15) is 0 Å². The summed E-state index contributed by atoms with van der Waals surface area (Å²) in [6.45, 7) is 12.2. The van der Waals surface area contributed by atoms with Crippen LogP contribution in [0.5, 0.6) is 0 Å². The molecule has 4 rings (SSSR count). The Morgan fingerprint density at radius 1 is 1.29 bits per heavy atom. The summed E-state index contributed by atoms with van der Waals surface area (Å²) in [4.78, 5) is 44.9. The van der Waals surface area contributed by atoms with Gasteiger partial charge < -0.3 is 24.8 Å². The number of aliphatic hydroxyl groups is 1. The summed E-state index contributed by atoms with van der Waals surface area (Å²) in [6, 6.07) is -1.18. The Morgan fingerprint density at radius 3 is 2.63 bits per heavy atom. The van der Waals surface area contributed by atoms with Crippen LogP contribution in [0.2, 0.25) is 0 Å². The zero-order chi connectivity index (χ0) is 25.4. The second-order valence-electron chi connectivity index (χ2n) is 10.9. The van der Waals surface area contributed by atoms with Crippen LogP contribution in [0, 0.1) is 17.8 Å². The molecular weight excluding hydrogens is 470 g/mol. The lowest BCUT2D eigenvalue weighted by molar-refractivity contribution is -0.155. The first-order valence-corrected chi connectivity index (χ1v) is 13.9. The minimum absolute atomic E-state index is 0.183. The molecule has 2 amide bonds. The van der Waals surface area contributed by atoms with E-state index in [2.05, 4.69) is 10.2 Å². The first-order chi connectivity index (χ1) is 16.7. The molecule has 4 aliphatic heterocycles. The van der Waals surface area contributed by atoms with Crippen molar-refractivity contribution < 1.29 is 29.0 Å². The van der Waals surface area contributed by atoms with Gasteiger partial charge in [0.2, 0.25) is 11.8 Å². The molecule has 6 atom stereocenters. The number of nitrogens with zero attached hydrogens (tertiary/aromatic N) is 2. The summed E-state index contributed by atoms with van der Waals surface area (Å²) in [5.41, 5.74) is 0. The monoisotopic (exact) mass is 511 g/mol. The lowest BCUT2D eigenvalue weighted by Crippen LogP contribution is -2.57. The third-order valence-corrected chi connectivity index (χ3v) is 10.2. The topological polar surface area (TPSA) is 108 Å². The number of thioether (sulfide) groups is 1. The van der Waals surface area contributed by atoms with Crippen LogP contribution in [-0.2, 0) is 23.9 Å². The van der Waals surface area contributed by atoms with E-state index in [1.54, 1.807) is 23.6 Å². The molecule has 4 aliphatic rings. The van der Waals surface area contributed by atoms with Crippen molar-refractivity contribution in [3.63, 3.8) is 0 Å². The van der Waals surface area contributed by atoms with E-state index in [1.165, 1.54) is 0 Å². The number of morpholine rings is 1. The van der Waals surface area contributed by atoms with E-state index in [1.807, 2.05) is 20.8 Å². The Morgan fingerprint density at radius 2 is 2.00 bits per heavy atom. The van der Waals surface area contributed by atoms with Crippen molar-refractivity contribution in [3.8, 4) is 0 Å². The fourth-order valence-corrected chi connectivity index (χ4v) is 9.06. The van der Waals surface area contributed by atoms with E-state index in [0.717, 1.165) is 26.1 Å². The summed E-state index contributed by atoms with van der Waals surface area (Å²) in [7, 11) is 0. The van der Waals surface area contributed by atoms with Crippen molar-refractivity contribution in [3.05, 3.63) is 0 Å². The molecule has 1 spiro atoms. The number of esters is 1. The van der Waals surface area contributed by atoms with E-state index in [4.69, 9.17) is 9.47 Å². The Labute approximate surface area is 212 Å². The van der Waals surface area contributed by atoms with Crippen LogP contribution < -0.4 is 5.32 Å². The second kappa shape index (κ2) is 10.6. The van der Waals surface area contributed by atoms with Gasteiger partial charge in [0, 0.05) is 30.9 Å². The van der Waals surface area contributed by atoms with Crippen LogP contribution in [0.15, 0.2) is 0 Å². The Bertz CT molecular complexity index is 821. The number of nitrogens with one attached hydrogen (secondary N) is 1. The molecule has 2 N–H and O–H groups in total. The maximum atomic E-state index is 14.0. The van der Waals surface area contributed by atoms with Gasteiger partial charge in [-0.15, -0.1) is 11.8 Å². The molecule has 0 saturated carbocycles. The van der Waals surface area contributed by atoms with E-state index in [9.17, 15) is 19.5 Å². The summed E-state index contributed by atoms with van der Waals surface area (Å²) < 4.78 is 9.71. The van der Waals surface area contributed by atoms with Crippen molar-refractivity contribution in [2.24, 2.45) is 17.8 Å².